The summed E-state index contributed by atoms with van der Waals surface area (Å²) in [6.45, 7) is 1.91. The minimum atomic E-state index is -0.403. The summed E-state index contributed by atoms with van der Waals surface area (Å²) in [7, 11) is 0. The third-order valence-electron chi connectivity index (χ3n) is 3.10. The zero-order chi connectivity index (χ0) is 12.7. The Morgan fingerprint density at radius 2 is 2.22 bits per heavy atom. The number of aromatic nitrogens is 2. The Kier molecular flexibility index (Phi) is 2.40. The number of ether oxygens (including phenoxy) is 1. The molecule has 1 aromatic carbocycles. The van der Waals surface area contributed by atoms with Crippen molar-refractivity contribution in [2.45, 2.75) is 26.0 Å². The maximum atomic E-state index is 12.2. The van der Waals surface area contributed by atoms with Gasteiger partial charge in [0.25, 0.3) is 5.56 Å². The highest BCUT2D eigenvalue weighted by Gasteiger charge is 2.28. The van der Waals surface area contributed by atoms with Crippen molar-refractivity contribution in [3.8, 4) is 0 Å². The van der Waals surface area contributed by atoms with Gasteiger partial charge in [-0.2, -0.15) is 0 Å². The average Bonchev–Trinajstić information content (AvgIpc) is 2.73. The molecule has 0 radical (unpaired) electrons. The summed E-state index contributed by atoms with van der Waals surface area (Å²) in [6, 6.07) is 7.20. The molecule has 2 aromatic rings. The van der Waals surface area contributed by atoms with Crippen LogP contribution < -0.4 is 5.56 Å². The normalized spacial score (nSPS) is 17.7. The van der Waals surface area contributed by atoms with E-state index in [1.165, 1.54) is 6.92 Å². The number of nitrogens with zero attached hydrogens (tertiary/aromatic N) is 2. The molecule has 0 spiro atoms. The third kappa shape index (κ3) is 1.59. The van der Waals surface area contributed by atoms with Gasteiger partial charge in [-0.1, -0.05) is 12.1 Å². The first kappa shape index (κ1) is 11.0. The Morgan fingerprint density at radius 1 is 1.44 bits per heavy atom. The van der Waals surface area contributed by atoms with Crippen LogP contribution in [0.15, 0.2) is 29.1 Å². The van der Waals surface area contributed by atoms with E-state index in [2.05, 4.69) is 4.98 Å². The molecule has 18 heavy (non-hydrogen) atoms. The van der Waals surface area contributed by atoms with Gasteiger partial charge in [0.1, 0.15) is 0 Å². The Bertz CT molecular complexity index is 690. The summed E-state index contributed by atoms with van der Waals surface area (Å²) in [5.74, 6) is 0.199. The number of carbonyl (C=O) groups is 1. The second-order valence-electron chi connectivity index (χ2n) is 4.33. The fourth-order valence-electron chi connectivity index (χ4n) is 2.33. The highest BCUT2D eigenvalue weighted by molar-refractivity contribution is 5.77. The summed E-state index contributed by atoms with van der Waals surface area (Å²) in [6.07, 6.45) is 0.206. The van der Waals surface area contributed by atoms with E-state index in [1.807, 2.05) is 12.1 Å². The van der Waals surface area contributed by atoms with E-state index in [-0.39, 0.29) is 11.5 Å². The highest BCUT2D eigenvalue weighted by Crippen LogP contribution is 2.27. The molecule has 0 saturated carbocycles. The van der Waals surface area contributed by atoms with E-state index < -0.39 is 6.10 Å². The molecule has 1 aliphatic rings. The van der Waals surface area contributed by atoms with Crippen molar-refractivity contribution in [1.29, 1.82) is 0 Å². The molecule has 0 amide bonds. The van der Waals surface area contributed by atoms with Gasteiger partial charge in [-0.3, -0.25) is 14.2 Å². The summed E-state index contributed by atoms with van der Waals surface area (Å²) in [4.78, 5) is 27.7. The predicted octanol–water partition coefficient (Wildman–Crippen LogP) is 1.40. The molecule has 0 aliphatic carbocycles. The lowest BCUT2D eigenvalue weighted by Crippen LogP contribution is -2.21. The van der Waals surface area contributed by atoms with Crippen molar-refractivity contribution < 1.29 is 9.53 Å². The lowest BCUT2D eigenvalue weighted by Gasteiger charge is -2.10. The van der Waals surface area contributed by atoms with Crippen molar-refractivity contribution in [3.05, 3.63) is 40.4 Å². The minimum Gasteiger partial charge on any atom is -0.454 e. The summed E-state index contributed by atoms with van der Waals surface area (Å²) < 4.78 is 6.77. The van der Waals surface area contributed by atoms with Crippen LogP contribution in [0, 0.1) is 0 Å². The van der Waals surface area contributed by atoms with Gasteiger partial charge in [-0.05, 0) is 12.1 Å². The lowest BCUT2D eigenvalue weighted by molar-refractivity contribution is -0.146. The molecule has 0 bridgehead atoms. The first-order chi connectivity index (χ1) is 8.66. The molecule has 1 atom stereocenters. The van der Waals surface area contributed by atoms with E-state index >= 15 is 0 Å². The number of hydrogen-bond acceptors (Lipinski definition) is 4. The highest BCUT2D eigenvalue weighted by atomic mass is 16.5. The molecule has 0 saturated heterocycles. The lowest BCUT2D eigenvalue weighted by atomic mass is 10.2. The van der Waals surface area contributed by atoms with Crippen molar-refractivity contribution in [2.75, 3.05) is 0 Å². The Labute approximate surface area is 103 Å². The van der Waals surface area contributed by atoms with Gasteiger partial charge in [-0.15, -0.1) is 0 Å². The molecule has 1 aliphatic heterocycles. The number of hydrogen-bond donors (Lipinski definition) is 0. The topological polar surface area (TPSA) is 61.2 Å². The van der Waals surface area contributed by atoms with E-state index in [0.717, 1.165) is 0 Å². The van der Waals surface area contributed by atoms with E-state index in [1.54, 1.807) is 16.7 Å². The molecule has 92 valence electrons. The molecular weight excluding hydrogens is 232 g/mol. The average molecular weight is 244 g/mol. The maximum Gasteiger partial charge on any atom is 0.303 e. The fraction of sp³-hybridized carbons (Fsp3) is 0.308. The molecule has 2 heterocycles. The molecule has 5 nitrogen and oxygen atoms in total. The monoisotopic (exact) mass is 244 g/mol. The number of benzene rings is 1. The standard InChI is InChI=1S/C13H12N2O3/c1-8(16)18-11-6-7-15-12(11)14-10-5-3-2-4-9(10)13(15)17/h2-5,11H,6-7H2,1H3/t11-/m0/s1. The third-order valence-corrected chi connectivity index (χ3v) is 3.10. The van der Waals surface area contributed by atoms with Crippen LogP contribution in [0.5, 0.6) is 0 Å². The van der Waals surface area contributed by atoms with Crippen molar-refractivity contribution in [2.24, 2.45) is 0 Å². The molecule has 1 aromatic heterocycles. The molecular formula is C13H12N2O3. The van der Waals surface area contributed by atoms with Crippen molar-refractivity contribution in [3.63, 3.8) is 0 Å². The summed E-state index contributed by atoms with van der Waals surface area (Å²) in [5, 5.41) is 0.602. The number of para-hydroxylation sites is 1. The largest absolute Gasteiger partial charge is 0.454 e. The van der Waals surface area contributed by atoms with Crippen molar-refractivity contribution >= 4 is 16.9 Å². The molecule has 5 heteroatoms. The Morgan fingerprint density at radius 3 is 3.00 bits per heavy atom. The Hall–Kier alpha value is -2.17. The van der Waals surface area contributed by atoms with Crippen LogP contribution in [0.4, 0.5) is 0 Å². The van der Waals surface area contributed by atoms with Crippen LogP contribution in [0.2, 0.25) is 0 Å². The predicted molar refractivity (Wildman–Crippen MR) is 65.1 cm³/mol. The van der Waals surface area contributed by atoms with E-state index in [0.29, 0.717) is 29.7 Å². The quantitative estimate of drug-likeness (QED) is 0.711. The van der Waals surface area contributed by atoms with Crippen LogP contribution in [0.25, 0.3) is 10.9 Å². The molecule has 0 N–H and O–H groups in total. The van der Waals surface area contributed by atoms with Crippen LogP contribution >= 0.6 is 0 Å². The molecule has 0 fully saturated rings. The second kappa shape index (κ2) is 3.94. The number of carbonyl (C=O) groups excluding carboxylic acids is 1. The zero-order valence-corrected chi connectivity index (χ0v) is 9.92. The number of rotatable bonds is 1. The van der Waals surface area contributed by atoms with Crippen LogP contribution in [-0.2, 0) is 16.1 Å². The van der Waals surface area contributed by atoms with Crippen LogP contribution in [-0.4, -0.2) is 15.5 Å². The van der Waals surface area contributed by atoms with Gasteiger partial charge in [-0.25, -0.2) is 4.98 Å². The van der Waals surface area contributed by atoms with Crippen LogP contribution in [0.1, 0.15) is 25.3 Å². The van der Waals surface area contributed by atoms with Crippen LogP contribution in [0.3, 0.4) is 0 Å². The SMILES string of the molecule is CC(=O)O[C@H]1CCn2c1nc1ccccc1c2=O. The van der Waals surface area contributed by atoms with Gasteiger partial charge >= 0.3 is 5.97 Å². The Balaban J connectivity index is 2.20. The summed E-state index contributed by atoms with van der Waals surface area (Å²) >= 11 is 0. The van der Waals surface area contributed by atoms with Gasteiger partial charge < -0.3 is 4.74 Å². The van der Waals surface area contributed by atoms with Gasteiger partial charge in [0.15, 0.2) is 11.9 Å². The first-order valence-corrected chi connectivity index (χ1v) is 5.83. The minimum absolute atomic E-state index is 0.0646. The maximum absolute atomic E-state index is 12.2. The second-order valence-corrected chi connectivity index (χ2v) is 4.33. The number of esters is 1. The van der Waals surface area contributed by atoms with E-state index in [4.69, 9.17) is 4.74 Å². The summed E-state index contributed by atoms with van der Waals surface area (Å²) in [5.41, 5.74) is 0.582. The molecule has 3 rings (SSSR count). The van der Waals surface area contributed by atoms with E-state index in [9.17, 15) is 9.59 Å². The van der Waals surface area contributed by atoms with Gasteiger partial charge in [0, 0.05) is 19.9 Å². The fourth-order valence-corrected chi connectivity index (χ4v) is 2.33. The van der Waals surface area contributed by atoms with Gasteiger partial charge in [0.05, 0.1) is 10.9 Å². The van der Waals surface area contributed by atoms with Crippen molar-refractivity contribution in [1.82, 2.24) is 9.55 Å². The molecule has 0 unspecified atom stereocenters. The first-order valence-electron chi connectivity index (χ1n) is 5.83. The zero-order valence-electron chi connectivity index (χ0n) is 9.92. The smallest absolute Gasteiger partial charge is 0.303 e. The number of fused-ring (bicyclic) bond motifs is 2. The van der Waals surface area contributed by atoms with Gasteiger partial charge in [0.2, 0.25) is 0 Å².